The predicted octanol–water partition coefficient (Wildman–Crippen LogP) is 2.86. The van der Waals surface area contributed by atoms with Crippen molar-refractivity contribution in [1.82, 2.24) is 14.8 Å². The van der Waals surface area contributed by atoms with Crippen molar-refractivity contribution in [1.29, 1.82) is 0 Å². The fourth-order valence-corrected chi connectivity index (χ4v) is 4.44. The predicted molar refractivity (Wildman–Crippen MR) is 125 cm³/mol. The summed E-state index contributed by atoms with van der Waals surface area (Å²) in [6.07, 6.45) is 1.82. The van der Waals surface area contributed by atoms with E-state index in [4.69, 9.17) is 0 Å². The monoisotopic (exact) mass is 421 g/mol. The number of anilines is 1. The van der Waals surface area contributed by atoms with Crippen LogP contribution < -0.4 is 15.8 Å². The second-order valence-corrected chi connectivity index (χ2v) is 8.24. The van der Waals surface area contributed by atoms with E-state index >= 15 is 0 Å². The number of benzene rings is 1. The van der Waals surface area contributed by atoms with Crippen molar-refractivity contribution in [3.8, 4) is 0 Å². The number of nitrogens with zero attached hydrogens (tertiary/aromatic N) is 4. The number of hydrogen-bond donors (Lipinski definition) is 1. The molecule has 1 saturated heterocycles. The number of aromatic nitrogens is 1. The molecule has 1 fully saturated rings. The maximum absolute atomic E-state index is 11.9. The van der Waals surface area contributed by atoms with Gasteiger partial charge in [0.25, 0.3) is 5.56 Å². The Bertz CT molecular complexity index is 1020. The maximum atomic E-state index is 11.9. The molecule has 1 N–H and O–H groups in total. The lowest BCUT2D eigenvalue weighted by Crippen LogP contribution is -2.52. The molecule has 3 heterocycles. The van der Waals surface area contributed by atoms with Gasteiger partial charge in [-0.2, -0.15) is 0 Å². The van der Waals surface area contributed by atoms with Crippen LogP contribution in [0.5, 0.6) is 0 Å². The van der Waals surface area contributed by atoms with Crippen molar-refractivity contribution in [3.05, 3.63) is 87.7 Å². The molecule has 0 radical (unpaired) electrons. The Morgan fingerprint density at radius 1 is 1.00 bits per heavy atom. The van der Waals surface area contributed by atoms with E-state index in [1.807, 2.05) is 19.3 Å². The Morgan fingerprint density at radius 3 is 2.43 bits per heavy atom. The molecule has 7 heteroatoms. The van der Waals surface area contributed by atoms with Crippen molar-refractivity contribution in [2.24, 2.45) is 4.99 Å². The quantitative estimate of drug-likeness (QED) is 0.508. The molecule has 0 atom stereocenters. The molecule has 2 aromatic heterocycles. The lowest BCUT2D eigenvalue weighted by molar-refractivity contribution is 0.373. The second kappa shape index (κ2) is 9.63. The fourth-order valence-electron chi connectivity index (χ4n) is 3.65. The summed E-state index contributed by atoms with van der Waals surface area (Å²) in [4.78, 5) is 21.1. The van der Waals surface area contributed by atoms with Gasteiger partial charge in [-0.15, -0.1) is 11.3 Å². The van der Waals surface area contributed by atoms with Crippen LogP contribution in [0.4, 0.5) is 5.00 Å². The molecule has 0 bridgehead atoms. The van der Waals surface area contributed by atoms with E-state index in [1.54, 1.807) is 28.0 Å². The molecule has 0 spiro atoms. The van der Waals surface area contributed by atoms with E-state index in [0.29, 0.717) is 6.54 Å². The standard InChI is InChI=1S/C23H27N5OS/c1-24-23(27-14-12-26(13-15-27)22-6-4-16-30-22)25-17-19-7-9-20(10-8-19)18-28-11-3-2-5-21(28)29/h2-11,16H,12-15,17-18H2,1H3,(H,24,25). The van der Waals surface area contributed by atoms with Gasteiger partial charge >= 0.3 is 0 Å². The molecular formula is C23H27N5OS. The number of aliphatic imine (C=N–C) groups is 1. The van der Waals surface area contributed by atoms with E-state index in [-0.39, 0.29) is 5.56 Å². The number of rotatable bonds is 5. The van der Waals surface area contributed by atoms with E-state index in [2.05, 4.69) is 61.9 Å². The van der Waals surface area contributed by atoms with E-state index < -0.39 is 0 Å². The normalized spacial score (nSPS) is 14.8. The van der Waals surface area contributed by atoms with Crippen molar-refractivity contribution in [2.75, 3.05) is 38.1 Å². The minimum absolute atomic E-state index is 0.0196. The van der Waals surface area contributed by atoms with Crippen LogP contribution in [0.25, 0.3) is 0 Å². The third kappa shape index (κ3) is 4.91. The largest absolute Gasteiger partial charge is 0.360 e. The van der Waals surface area contributed by atoms with Crippen molar-refractivity contribution < 1.29 is 0 Å². The highest BCUT2D eigenvalue weighted by molar-refractivity contribution is 7.14. The molecule has 0 unspecified atom stereocenters. The zero-order valence-corrected chi connectivity index (χ0v) is 18.0. The first-order chi connectivity index (χ1) is 14.7. The lowest BCUT2D eigenvalue weighted by atomic mass is 10.1. The maximum Gasteiger partial charge on any atom is 0.250 e. The van der Waals surface area contributed by atoms with Crippen LogP contribution in [0.15, 0.2) is 76.0 Å². The number of piperazine rings is 1. The van der Waals surface area contributed by atoms with Crippen LogP contribution in [0.1, 0.15) is 11.1 Å². The third-order valence-corrected chi connectivity index (χ3v) is 6.26. The molecule has 1 aromatic carbocycles. The van der Waals surface area contributed by atoms with Crippen LogP contribution in [0.2, 0.25) is 0 Å². The fraction of sp³-hybridized carbons (Fsp3) is 0.304. The van der Waals surface area contributed by atoms with E-state index in [0.717, 1.165) is 44.2 Å². The molecule has 1 aliphatic heterocycles. The Labute approximate surface area is 181 Å². The summed E-state index contributed by atoms with van der Waals surface area (Å²) in [5.41, 5.74) is 2.32. The third-order valence-electron chi connectivity index (χ3n) is 5.33. The smallest absolute Gasteiger partial charge is 0.250 e. The summed E-state index contributed by atoms with van der Waals surface area (Å²) in [6, 6.07) is 17.9. The summed E-state index contributed by atoms with van der Waals surface area (Å²) in [5, 5.41) is 6.96. The lowest BCUT2D eigenvalue weighted by Gasteiger charge is -2.37. The Morgan fingerprint density at radius 2 is 1.77 bits per heavy atom. The van der Waals surface area contributed by atoms with Gasteiger partial charge in [-0.05, 0) is 34.7 Å². The highest BCUT2D eigenvalue weighted by Crippen LogP contribution is 2.22. The van der Waals surface area contributed by atoms with Gasteiger partial charge in [0.1, 0.15) is 0 Å². The minimum atomic E-state index is 0.0196. The SMILES string of the molecule is CN=C(NCc1ccc(Cn2ccccc2=O)cc1)N1CCN(c2cccs2)CC1. The molecule has 3 aromatic rings. The average molecular weight is 422 g/mol. The Kier molecular flexibility index (Phi) is 6.49. The van der Waals surface area contributed by atoms with E-state index in [1.165, 1.54) is 10.6 Å². The summed E-state index contributed by atoms with van der Waals surface area (Å²) in [5.74, 6) is 0.945. The van der Waals surface area contributed by atoms with Crippen molar-refractivity contribution in [3.63, 3.8) is 0 Å². The number of guanidine groups is 1. The number of thiophene rings is 1. The first-order valence-electron chi connectivity index (χ1n) is 10.2. The zero-order chi connectivity index (χ0) is 20.8. The molecule has 6 nitrogen and oxygen atoms in total. The molecule has 4 rings (SSSR count). The van der Waals surface area contributed by atoms with Gasteiger partial charge in [-0.1, -0.05) is 30.3 Å². The van der Waals surface area contributed by atoms with Crippen LogP contribution in [-0.4, -0.2) is 48.7 Å². The molecule has 1 aliphatic rings. The highest BCUT2D eigenvalue weighted by Gasteiger charge is 2.20. The molecule has 0 aliphatic carbocycles. The summed E-state index contributed by atoms with van der Waals surface area (Å²) in [7, 11) is 1.84. The van der Waals surface area contributed by atoms with Gasteiger partial charge in [0, 0.05) is 52.0 Å². The van der Waals surface area contributed by atoms with Crippen molar-refractivity contribution >= 4 is 22.3 Å². The van der Waals surface area contributed by atoms with Crippen LogP contribution in [0.3, 0.4) is 0 Å². The van der Waals surface area contributed by atoms with Crippen LogP contribution in [0, 0.1) is 0 Å². The average Bonchev–Trinajstić information content (AvgIpc) is 3.32. The van der Waals surface area contributed by atoms with Crippen molar-refractivity contribution in [2.45, 2.75) is 13.1 Å². The summed E-state index contributed by atoms with van der Waals surface area (Å²) < 4.78 is 1.71. The number of hydrogen-bond acceptors (Lipinski definition) is 4. The zero-order valence-electron chi connectivity index (χ0n) is 17.2. The summed E-state index contributed by atoms with van der Waals surface area (Å²) in [6.45, 7) is 5.25. The summed E-state index contributed by atoms with van der Waals surface area (Å²) >= 11 is 1.80. The van der Waals surface area contributed by atoms with Gasteiger partial charge < -0.3 is 19.7 Å². The molecule has 156 valence electrons. The highest BCUT2D eigenvalue weighted by atomic mass is 32.1. The second-order valence-electron chi connectivity index (χ2n) is 7.31. The number of pyridine rings is 1. The first-order valence-corrected chi connectivity index (χ1v) is 11.1. The van der Waals surface area contributed by atoms with Gasteiger partial charge in [-0.25, -0.2) is 0 Å². The minimum Gasteiger partial charge on any atom is -0.360 e. The van der Waals surface area contributed by atoms with E-state index in [9.17, 15) is 4.79 Å². The van der Waals surface area contributed by atoms with Gasteiger partial charge in [0.05, 0.1) is 11.5 Å². The molecule has 0 saturated carbocycles. The topological polar surface area (TPSA) is 52.9 Å². The molecule has 0 amide bonds. The Hall–Kier alpha value is -3.06. The van der Waals surface area contributed by atoms with Gasteiger partial charge in [0.15, 0.2) is 5.96 Å². The van der Waals surface area contributed by atoms with Crippen LogP contribution >= 0.6 is 11.3 Å². The number of nitrogens with one attached hydrogen (secondary N) is 1. The first kappa shape index (κ1) is 20.2. The Balaban J connectivity index is 1.29. The van der Waals surface area contributed by atoms with Gasteiger partial charge in [-0.3, -0.25) is 9.79 Å². The van der Waals surface area contributed by atoms with Crippen LogP contribution in [-0.2, 0) is 13.1 Å². The molecule has 30 heavy (non-hydrogen) atoms. The molecular weight excluding hydrogens is 394 g/mol. The van der Waals surface area contributed by atoms with Gasteiger partial charge in [0.2, 0.25) is 0 Å².